The monoisotopic (exact) mass is 269 g/mol. The van der Waals surface area contributed by atoms with Crippen molar-refractivity contribution in [3.8, 4) is 0 Å². The zero-order valence-electron chi connectivity index (χ0n) is 10.8. The fraction of sp³-hybridized carbons (Fsp3) is 0.0667. The van der Waals surface area contributed by atoms with Crippen molar-refractivity contribution in [3.63, 3.8) is 0 Å². The van der Waals surface area contributed by atoms with Gasteiger partial charge in [-0.05, 0) is 29.8 Å². The third-order valence-electron chi connectivity index (χ3n) is 2.78. The summed E-state index contributed by atoms with van der Waals surface area (Å²) < 4.78 is 0. The van der Waals surface area contributed by atoms with E-state index in [0.717, 1.165) is 0 Å². The predicted octanol–water partition coefficient (Wildman–Crippen LogP) is 1.55. The van der Waals surface area contributed by atoms with E-state index in [1.54, 1.807) is 48.5 Å². The molecule has 0 spiro atoms. The van der Waals surface area contributed by atoms with Crippen LogP contribution in [-0.4, -0.2) is 11.8 Å². The molecule has 0 aliphatic heterocycles. The van der Waals surface area contributed by atoms with Gasteiger partial charge in [0.25, 0.3) is 5.91 Å². The molecule has 20 heavy (non-hydrogen) atoms. The lowest BCUT2D eigenvalue weighted by Gasteiger charge is -2.10. The van der Waals surface area contributed by atoms with Crippen molar-refractivity contribution in [1.29, 1.82) is 0 Å². The number of primary amides is 1. The number of nitrogens with one attached hydrogen (secondary N) is 1. The lowest BCUT2D eigenvalue weighted by atomic mass is 10.1. The van der Waals surface area contributed by atoms with E-state index in [9.17, 15) is 9.59 Å². The number of hydrogen-bond acceptors (Lipinski definition) is 3. The van der Waals surface area contributed by atoms with E-state index in [-0.39, 0.29) is 12.3 Å². The molecule has 0 saturated carbocycles. The van der Waals surface area contributed by atoms with Crippen molar-refractivity contribution in [2.75, 3.05) is 11.1 Å². The first kappa shape index (κ1) is 13.6. The standard InChI is InChI=1S/C15H15N3O2/c16-12-6-3-5-11(8-12)15(20)18-13-7-2-1-4-10(13)9-14(17)19/h1-8H,9,16H2,(H2,17,19)(H,18,20). The van der Waals surface area contributed by atoms with Gasteiger partial charge in [-0.3, -0.25) is 9.59 Å². The molecule has 0 saturated heterocycles. The molecule has 0 fully saturated rings. The third-order valence-corrected chi connectivity index (χ3v) is 2.78. The molecule has 0 heterocycles. The smallest absolute Gasteiger partial charge is 0.255 e. The van der Waals surface area contributed by atoms with Crippen molar-refractivity contribution < 1.29 is 9.59 Å². The van der Waals surface area contributed by atoms with Crippen LogP contribution in [0, 0.1) is 0 Å². The summed E-state index contributed by atoms with van der Waals surface area (Å²) in [5.41, 5.74) is 13.1. The zero-order chi connectivity index (χ0) is 14.5. The van der Waals surface area contributed by atoms with Gasteiger partial charge >= 0.3 is 0 Å². The van der Waals surface area contributed by atoms with Crippen molar-refractivity contribution in [1.82, 2.24) is 0 Å². The van der Waals surface area contributed by atoms with E-state index in [2.05, 4.69) is 5.32 Å². The lowest BCUT2D eigenvalue weighted by molar-refractivity contribution is -0.117. The predicted molar refractivity (Wildman–Crippen MR) is 78.1 cm³/mol. The van der Waals surface area contributed by atoms with Gasteiger partial charge in [0.15, 0.2) is 0 Å². The Bertz CT molecular complexity index is 653. The number of benzene rings is 2. The fourth-order valence-electron chi connectivity index (χ4n) is 1.86. The summed E-state index contributed by atoms with van der Waals surface area (Å²) in [5, 5.41) is 2.76. The summed E-state index contributed by atoms with van der Waals surface area (Å²) in [7, 11) is 0. The molecule has 0 aliphatic rings. The van der Waals surface area contributed by atoms with Gasteiger partial charge in [0, 0.05) is 16.9 Å². The average Bonchev–Trinajstić information content (AvgIpc) is 2.40. The van der Waals surface area contributed by atoms with Crippen molar-refractivity contribution >= 4 is 23.2 Å². The molecule has 2 amide bonds. The molecule has 5 nitrogen and oxygen atoms in total. The van der Waals surface area contributed by atoms with E-state index < -0.39 is 5.91 Å². The third kappa shape index (κ3) is 3.35. The number of anilines is 2. The van der Waals surface area contributed by atoms with Gasteiger partial charge in [0.2, 0.25) is 5.91 Å². The van der Waals surface area contributed by atoms with Crippen LogP contribution in [-0.2, 0) is 11.2 Å². The van der Waals surface area contributed by atoms with Gasteiger partial charge in [0.1, 0.15) is 0 Å². The van der Waals surface area contributed by atoms with Crippen LogP contribution in [0.4, 0.5) is 11.4 Å². The maximum atomic E-state index is 12.1. The van der Waals surface area contributed by atoms with Crippen LogP contribution < -0.4 is 16.8 Å². The minimum Gasteiger partial charge on any atom is -0.399 e. The normalized spacial score (nSPS) is 10.0. The molecular formula is C15H15N3O2. The van der Waals surface area contributed by atoms with E-state index in [1.807, 2.05) is 0 Å². The van der Waals surface area contributed by atoms with Crippen LogP contribution in [0.2, 0.25) is 0 Å². The second kappa shape index (κ2) is 5.88. The van der Waals surface area contributed by atoms with Crippen molar-refractivity contribution in [2.45, 2.75) is 6.42 Å². The van der Waals surface area contributed by atoms with E-state index >= 15 is 0 Å². The van der Waals surface area contributed by atoms with Crippen LogP contribution >= 0.6 is 0 Å². The molecule has 5 heteroatoms. The number of amides is 2. The Balaban J connectivity index is 2.21. The van der Waals surface area contributed by atoms with Crippen molar-refractivity contribution in [2.24, 2.45) is 5.73 Å². The van der Waals surface area contributed by atoms with Gasteiger partial charge in [-0.25, -0.2) is 0 Å². The quantitative estimate of drug-likeness (QED) is 0.734. The van der Waals surface area contributed by atoms with Crippen LogP contribution in [0.25, 0.3) is 0 Å². The summed E-state index contributed by atoms with van der Waals surface area (Å²) in [4.78, 5) is 23.1. The second-order valence-corrected chi connectivity index (χ2v) is 4.38. The number of nitrogens with two attached hydrogens (primary N) is 2. The highest BCUT2D eigenvalue weighted by atomic mass is 16.2. The van der Waals surface area contributed by atoms with Crippen LogP contribution in [0.3, 0.4) is 0 Å². The number of nitrogen functional groups attached to an aromatic ring is 1. The minimum atomic E-state index is -0.448. The van der Waals surface area contributed by atoms with Crippen molar-refractivity contribution in [3.05, 3.63) is 59.7 Å². The molecular weight excluding hydrogens is 254 g/mol. The molecule has 0 aliphatic carbocycles. The Morgan fingerprint density at radius 1 is 1.05 bits per heavy atom. The molecule has 0 radical (unpaired) electrons. The highest BCUT2D eigenvalue weighted by molar-refractivity contribution is 6.05. The Morgan fingerprint density at radius 3 is 2.50 bits per heavy atom. The molecule has 2 aromatic carbocycles. The molecule has 102 valence electrons. The SMILES string of the molecule is NC(=O)Cc1ccccc1NC(=O)c1cccc(N)c1. The second-order valence-electron chi connectivity index (χ2n) is 4.38. The Morgan fingerprint density at radius 2 is 1.80 bits per heavy atom. The molecule has 0 bridgehead atoms. The first-order valence-corrected chi connectivity index (χ1v) is 6.09. The van der Waals surface area contributed by atoms with Gasteiger partial charge in [-0.2, -0.15) is 0 Å². The van der Waals surface area contributed by atoms with E-state index in [1.165, 1.54) is 0 Å². The van der Waals surface area contributed by atoms with Gasteiger partial charge in [0.05, 0.1) is 6.42 Å². The maximum absolute atomic E-state index is 12.1. The highest BCUT2D eigenvalue weighted by Crippen LogP contribution is 2.17. The number of hydrogen-bond donors (Lipinski definition) is 3. The Labute approximate surface area is 116 Å². The van der Waals surface area contributed by atoms with Crippen LogP contribution in [0.5, 0.6) is 0 Å². The Hall–Kier alpha value is -2.82. The summed E-state index contributed by atoms with van der Waals surface area (Å²) in [6.07, 6.45) is 0.0768. The Kier molecular flexibility index (Phi) is 4.00. The van der Waals surface area contributed by atoms with E-state index in [0.29, 0.717) is 22.5 Å². The summed E-state index contributed by atoms with van der Waals surface area (Å²) >= 11 is 0. The summed E-state index contributed by atoms with van der Waals surface area (Å²) in [5.74, 6) is -0.732. The van der Waals surface area contributed by atoms with Gasteiger partial charge in [-0.15, -0.1) is 0 Å². The van der Waals surface area contributed by atoms with E-state index in [4.69, 9.17) is 11.5 Å². The van der Waals surface area contributed by atoms with Gasteiger partial charge in [-0.1, -0.05) is 24.3 Å². The summed E-state index contributed by atoms with van der Waals surface area (Å²) in [6.45, 7) is 0. The minimum absolute atomic E-state index is 0.0768. The first-order valence-electron chi connectivity index (χ1n) is 6.09. The number of rotatable bonds is 4. The zero-order valence-corrected chi connectivity index (χ0v) is 10.8. The molecule has 0 atom stereocenters. The maximum Gasteiger partial charge on any atom is 0.255 e. The lowest BCUT2D eigenvalue weighted by Crippen LogP contribution is -2.17. The molecule has 0 unspecified atom stereocenters. The fourth-order valence-corrected chi connectivity index (χ4v) is 1.86. The van der Waals surface area contributed by atoms with Crippen LogP contribution in [0.1, 0.15) is 15.9 Å². The molecule has 2 rings (SSSR count). The molecule has 0 aromatic heterocycles. The highest BCUT2D eigenvalue weighted by Gasteiger charge is 2.10. The number of para-hydroxylation sites is 1. The first-order chi connectivity index (χ1) is 9.56. The molecule has 2 aromatic rings. The topological polar surface area (TPSA) is 98.2 Å². The number of carbonyl (C=O) groups is 2. The van der Waals surface area contributed by atoms with Crippen LogP contribution in [0.15, 0.2) is 48.5 Å². The number of carbonyl (C=O) groups excluding carboxylic acids is 2. The largest absolute Gasteiger partial charge is 0.399 e. The average molecular weight is 269 g/mol. The molecule has 5 N–H and O–H groups in total. The summed E-state index contributed by atoms with van der Waals surface area (Å²) in [6, 6.07) is 13.7. The van der Waals surface area contributed by atoms with Gasteiger partial charge < -0.3 is 16.8 Å².